The van der Waals surface area contributed by atoms with E-state index in [1.54, 1.807) is 0 Å². The fourth-order valence-electron chi connectivity index (χ4n) is 3.71. The van der Waals surface area contributed by atoms with Gasteiger partial charge in [-0.3, -0.25) is 4.79 Å². The van der Waals surface area contributed by atoms with Crippen LogP contribution >= 0.6 is 0 Å². The van der Waals surface area contributed by atoms with Gasteiger partial charge >= 0.3 is 0 Å². The highest BCUT2D eigenvalue weighted by Gasteiger charge is 2.26. The Balaban J connectivity index is 1.42. The van der Waals surface area contributed by atoms with Crippen LogP contribution < -0.4 is 4.74 Å². The van der Waals surface area contributed by atoms with Crippen molar-refractivity contribution in [3.63, 3.8) is 0 Å². The zero-order chi connectivity index (χ0) is 17.9. The van der Waals surface area contributed by atoms with E-state index in [0.29, 0.717) is 5.92 Å². The minimum absolute atomic E-state index is 0.0607. The van der Waals surface area contributed by atoms with Gasteiger partial charge in [0.2, 0.25) is 0 Å². The van der Waals surface area contributed by atoms with Crippen molar-refractivity contribution in [2.75, 3.05) is 19.7 Å². The van der Waals surface area contributed by atoms with Gasteiger partial charge in [-0.2, -0.15) is 0 Å². The average molecular weight is 348 g/mol. The van der Waals surface area contributed by atoms with Gasteiger partial charge in [-0.05, 0) is 55.5 Å². The molecule has 2 heterocycles. The predicted molar refractivity (Wildman–Crippen MR) is 104 cm³/mol. The molecule has 1 aliphatic rings. The summed E-state index contributed by atoms with van der Waals surface area (Å²) in [4.78, 5) is 18.0. The molecule has 2 aromatic carbocycles. The number of ether oxygens (including phenoxy) is 1. The number of piperidine rings is 1. The number of carbonyl (C=O) groups excluding carboxylic acids is 1. The lowest BCUT2D eigenvalue weighted by molar-refractivity contribution is -0.134. The van der Waals surface area contributed by atoms with Gasteiger partial charge < -0.3 is 14.6 Å². The van der Waals surface area contributed by atoms with Crippen molar-refractivity contribution in [2.45, 2.75) is 25.7 Å². The topological polar surface area (TPSA) is 45.3 Å². The quantitative estimate of drug-likeness (QED) is 0.766. The van der Waals surface area contributed by atoms with Crippen LogP contribution in [-0.2, 0) is 4.79 Å². The van der Waals surface area contributed by atoms with E-state index in [2.05, 4.69) is 36.2 Å². The molecule has 0 spiro atoms. The Hall–Kier alpha value is -2.75. The molecule has 1 fully saturated rings. The Morgan fingerprint density at radius 1 is 1.19 bits per heavy atom. The van der Waals surface area contributed by atoms with E-state index >= 15 is 0 Å². The van der Waals surface area contributed by atoms with Gasteiger partial charge in [0.15, 0.2) is 6.61 Å². The molecular formula is C22H24N2O2. The van der Waals surface area contributed by atoms with E-state index in [1.807, 2.05) is 35.2 Å². The highest BCUT2D eigenvalue weighted by atomic mass is 16.5. The molecule has 0 radical (unpaired) electrons. The van der Waals surface area contributed by atoms with Gasteiger partial charge in [0.25, 0.3) is 5.91 Å². The van der Waals surface area contributed by atoms with E-state index in [-0.39, 0.29) is 12.5 Å². The minimum Gasteiger partial charge on any atom is -0.484 e. The van der Waals surface area contributed by atoms with E-state index in [4.69, 9.17) is 4.74 Å². The molecule has 1 amide bonds. The van der Waals surface area contributed by atoms with Crippen LogP contribution in [0.3, 0.4) is 0 Å². The van der Waals surface area contributed by atoms with Gasteiger partial charge in [0.1, 0.15) is 5.75 Å². The Labute approximate surface area is 153 Å². The van der Waals surface area contributed by atoms with E-state index in [0.717, 1.165) is 31.7 Å². The Bertz CT molecular complexity index is 901. The lowest BCUT2D eigenvalue weighted by atomic mass is 9.94. The van der Waals surface area contributed by atoms with E-state index in [1.165, 1.54) is 22.2 Å². The first kappa shape index (κ1) is 16.7. The van der Waals surface area contributed by atoms with Gasteiger partial charge in [0.05, 0.1) is 0 Å². The second-order valence-electron chi connectivity index (χ2n) is 7.10. The summed E-state index contributed by atoms with van der Waals surface area (Å²) >= 11 is 0. The van der Waals surface area contributed by atoms with Crippen LogP contribution in [0.1, 0.15) is 30.0 Å². The van der Waals surface area contributed by atoms with Crippen LogP contribution in [0.4, 0.5) is 0 Å². The van der Waals surface area contributed by atoms with Crippen molar-refractivity contribution in [1.82, 2.24) is 9.88 Å². The van der Waals surface area contributed by atoms with Gasteiger partial charge in [-0.1, -0.05) is 29.8 Å². The van der Waals surface area contributed by atoms with Crippen molar-refractivity contribution in [1.29, 1.82) is 0 Å². The third-order valence-electron chi connectivity index (χ3n) is 5.12. The number of fused-ring (bicyclic) bond motifs is 1. The number of benzene rings is 2. The maximum absolute atomic E-state index is 12.6. The molecule has 4 nitrogen and oxygen atoms in total. The molecule has 0 saturated carbocycles. The second-order valence-corrected chi connectivity index (χ2v) is 7.10. The summed E-state index contributed by atoms with van der Waals surface area (Å²) in [7, 11) is 0. The molecule has 1 unspecified atom stereocenters. The zero-order valence-corrected chi connectivity index (χ0v) is 15.1. The molecule has 1 aromatic heterocycles. The molecule has 134 valence electrons. The largest absolute Gasteiger partial charge is 0.484 e. The minimum atomic E-state index is 0.0607. The first-order valence-electron chi connectivity index (χ1n) is 9.24. The van der Waals surface area contributed by atoms with Gasteiger partial charge in [-0.15, -0.1) is 0 Å². The molecule has 4 rings (SSSR count). The third kappa shape index (κ3) is 3.59. The Kier molecular flexibility index (Phi) is 4.65. The molecule has 3 aromatic rings. The van der Waals surface area contributed by atoms with Crippen molar-refractivity contribution >= 4 is 16.8 Å². The molecular weight excluding hydrogens is 324 g/mol. The normalized spacial score (nSPS) is 17.4. The molecule has 1 atom stereocenters. The van der Waals surface area contributed by atoms with Crippen LogP contribution in [0.2, 0.25) is 0 Å². The average Bonchev–Trinajstić information content (AvgIpc) is 3.10. The molecule has 1 N–H and O–H groups in total. The number of aromatic nitrogens is 1. The maximum Gasteiger partial charge on any atom is 0.260 e. The van der Waals surface area contributed by atoms with Gasteiger partial charge in [0, 0.05) is 30.2 Å². The van der Waals surface area contributed by atoms with Crippen molar-refractivity contribution in [2.24, 2.45) is 0 Å². The summed E-state index contributed by atoms with van der Waals surface area (Å²) < 4.78 is 5.62. The number of para-hydroxylation sites is 1. The molecule has 1 saturated heterocycles. The second kappa shape index (κ2) is 7.24. The standard InChI is InChI=1S/C22H24N2O2/c1-16-9-10-20-18(12-16)13-21(23-20)17-6-5-11-24(14-17)22(25)15-26-19-7-3-2-4-8-19/h2-4,7-10,12-13,17,23H,5-6,11,14-15H2,1H3. The van der Waals surface area contributed by atoms with Crippen LogP contribution in [-0.4, -0.2) is 35.5 Å². The fraction of sp³-hybridized carbons (Fsp3) is 0.318. The summed E-state index contributed by atoms with van der Waals surface area (Å²) in [5, 5.41) is 1.25. The summed E-state index contributed by atoms with van der Waals surface area (Å²) in [6, 6.07) is 18.2. The zero-order valence-electron chi connectivity index (χ0n) is 15.1. The van der Waals surface area contributed by atoms with Crippen LogP contribution in [0, 0.1) is 6.92 Å². The van der Waals surface area contributed by atoms with Crippen LogP contribution in [0.15, 0.2) is 54.6 Å². The van der Waals surface area contributed by atoms with Crippen LogP contribution in [0.5, 0.6) is 5.75 Å². The first-order valence-corrected chi connectivity index (χ1v) is 9.24. The summed E-state index contributed by atoms with van der Waals surface area (Å²) in [6.07, 6.45) is 2.13. The maximum atomic E-state index is 12.6. The Morgan fingerprint density at radius 3 is 2.88 bits per heavy atom. The molecule has 1 aliphatic heterocycles. The van der Waals surface area contributed by atoms with E-state index < -0.39 is 0 Å². The number of aromatic amines is 1. The van der Waals surface area contributed by atoms with Crippen molar-refractivity contribution < 1.29 is 9.53 Å². The number of rotatable bonds is 4. The fourth-order valence-corrected chi connectivity index (χ4v) is 3.71. The number of hydrogen-bond donors (Lipinski definition) is 1. The van der Waals surface area contributed by atoms with Crippen molar-refractivity contribution in [3.8, 4) is 5.75 Å². The number of nitrogens with zero attached hydrogens (tertiary/aromatic N) is 1. The summed E-state index contributed by atoms with van der Waals surface area (Å²) in [5.41, 5.74) is 3.66. The summed E-state index contributed by atoms with van der Waals surface area (Å²) in [6.45, 7) is 3.78. The molecule has 4 heteroatoms. The smallest absolute Gasteiger partial charge is 0.260 e. The number of likely N-dealkylation sites (tertiary alicyclic amines) is 1. The predicted octanol–water partition coefficient (Wildman–Crippen LogP) is 4.26. The first-order chi connectivity index (χ1) is 12.7. The number of carbonyl (C=O) groups is 1. The monoisotopic (exact) mass is 348 g/mol. The lowest BCUT2D eigenvalue weighted by Crippen LogP contribution is -2.41. The summed E-state index contributed by atoms with van der Waals surface area (Å²) in [5.74, 6) is 1.16. The molecule has 26 heavy (non-hydrogen) atoms. The number of amides is 1. The van der Waals surface area contributed by atoms with Crippen molar-refractivity contribution in [3.05, 3.63) is 65.9 Å². The highest BCUT2D eigenvalue weighted by Crippen LogP contribution is 2.29. The Morgan fingerprint density at radius 2 is 2.04 bits per heavy atom. The number of nitrogens with one attached hydrogen (secondary N) is 1. The third-order valence-corrected chi connectivity index (χ3v) is 5.12. The SMILES string of the molecule is Cc1ccc2[nH]c(C3CCCN(C(=O)COc4ccccc4)C3)cc2c1. The van der Waals surface area contributed by atoms with E-state index in [9.17, 15) is 4.79 Å². The molecule has 0 bridgehead atoms. The van der Waals surface area contributed by atoms with Crippen LogP contribution in [0.25, 0.3) is 10.9 Å². The number of H-pyrrole nitrogens is 1. The molecule has 0 aliphatic carbocycles. The lowest BCUT2D eigenvalue weighted by Gasteiger charge is -2.32. The van der Waals surface area contributed by atoms with Gasteiger partial charge in [-0.25, -0.2) is 0 Å². The number of aryl methyl sites for hydroxylation is 1. The highest BCUT2D eigenvalue weighted by molar-refractivity contribution is 5.81. The number of hydrogen-bond acceptors (Lipinski definition) is 2.